The Morgan fingerprint density at radius 3 is 2.53 bits per heavy atom. The third-order valence-electron chi connectivity index (χ3n) is 4.35. The molecular formula is C21H24N4O4S. The van der Waals surface area contributed by atoms with Gasteiger partial charge in [-0.05, 0) is 36.8 Å². The summed E-state index contributed by atoms with van der Waals surface area (Å²) in [5, 5.41) is 2.77. The summed E-state index contributed by atoms with van der Waals surface area (Å²) in [5.41, 5.74) is 2.19. The van der Waals surface area contributed by atoms with Crippen LogP contribution in [0.4, 0.5) is 5.69 Å². The first-order chi connectivity index (χ1) is 14.4. The van der Waals surface area contributed by atoms with Crippen molar-refractivity contribution in [1.29, 1.82) is 0 Å². The second-order valence-corrected chi connectivity index (χ2v) is 8.49. The molecule has 0 spiro atoms. The number of benzene rings is 2. The minimum atomic E-state index is -3.68. The van der Waals surface area contributed by atoms with Gasteiger partial charge in [-0.2, -0.15) is 0 Å². The number of carbonyl (C=O) groups is 1. The summed E-state index contributed by atoms with van der Waals surface area (Å²) in [6, 6.07) is 14.4. The first-order valence-corrected chi connectivity index (χ1v) is 11.3. The molecule has 0 saturated carbocycles. The quantitative estimate of drug-likeness (QED) is 0.565. The Balaban J connectivity index is 1.67. The zero-order valence-electron chi connectivity index (χ0n) is 16.9. The number of hydrogen-bond donors (Lipinski definition) is 1. The molecule has 1 N–H and O–H groups in total. The number of ether oxygens (including phenoxy) is 1. The van der Waals surface area contributed by atoms with E-state index in [0.29, 0.717) is 18.0 Å². The number of imidazole rings is 1. The van der Waals surface area contributed by atoms with Gasteiger partial charge in [0.15, 0.2) is 0 Å². The van der Waals surface area contributed by atoms with Crippen LogP contribution >= 0.6 is 0 Å². The van der Waals surface area contributed by atoms with Crippen molar-refractivity contribution in [3.8, 4) is 11.4 Å². The normalized spacial score (nSPS) is 11.1. The predicted molar refractivity (Wildman–Crippen MR) is 115 cm³/mol. The number of para-hydroxylation sites is 2. The van der Waals surface area contributed by atoms with Gasteiger partial charge in [0, 0.05) is 24.6 Å². The molecule has 1 aromatic heterocycles. The largest absolute Gasteiger partial charge is 0.492 e. The van der Waals surface area contributed by atoms with Crippen molar-refractivity contribution in [3.63, 3.8) is 0 Å². The molecule has 1 heterocycles. The van der Waals surface area contributed by atoms with E-state index >= 15 is 0 Å². The van der Waals surface area contributed by atoms with Crippen LogP contribution in [-0.2, 0) is 21.4 Å². The average molecular weight is 429 g/mol. The van der Waals surface area contributed by atoms with Gasteiger partial charge in [0.25, 0.3) is 0 Å². The molecule has 0 aliphatic heterocycles. The van der Waals surface area contributed by atoms with E-state index in [1.807, 2.05) is 42.0 Å². The molecule has 0 bridgehead atoms. The number of sulfonamides is 1. The monoisotopic (exact) mass is 428 g/mol. The number of rotatable bonds is 9. The molecule has 0 saturated heterocycles. The summed E-state index contributed by atoms with van der Waals surface area (Å²) in [7, 11) is -3.68. The summed E-state index contributed by atoms with van der Waals surface area (Å²) < 4.78 is 33.1. The lowest BCUT2D eigenvalue weighted by atomic mass is 10.2. The first kappa shape index (κ1) is 21.4. The first-order valence-electron chi connectivity index (χ1n) is 9.42. The Bertz CT molecular complexity index is 1080. The molecule has 0 aliphatic carbocycles. The zero-order valence-corrected chi connectivity index (χ0v) is 17.7. The van der Waals surface area contributed by atoms with E-state index < -0.39 is 15.9 Å². The molecule has 0 radical (unpaired) electrons. The molecule has 8 nitrogen and oxygen atoms in total. The summed E-state index contributed by atoms with van der Waals surface area (Å²) in [6.07, 6.45) is 6.32. The van der Waals surface area contributed by atoms with Crippen LogP contribution in [0.25, 0.3) is 5.69 Å². The van der Waals surface area contributed by atoms with Crippen molar-refractivity contribution in [2.45, 2.75) is 13.5 Å². The highest BCUT2D eigenvalue weighted by Crippen LogP contribution is 2.29. The van der Waals surface area contributed by atoms with Crippen molar-refractivity contribution in [2.24, 2.45) is 0 Å². The predicted octanol–water partition coefficient (Wildman–Crippen LogP) is 2.35. The van der Waals surface area contributed by atoms with Gasteiger partial charge in [0.1, 0.15) is 12.3 Å². The fourth-order valence-electron chi connectivity index (χ4n) is 2.91. The van der Waals surface area contributed by atoms with Crippen molar-refractivity contribution in [1.82, 2.24) is 14.9 Å². The minimum absolute atomic E-state index is 0.285. The van der Waals surface area contributed by atoms with Crippen LogP contribution in [0.2, 0.25) is 0 Å². The molecule has 3 rings (SSSR count). The maximum atomic E-state index is 12.5. The summed E-state index contributed by atoms with van der Waals surface area (Å²) in [5.74, 6) is -0.00118. The molecule has 0 atom stereocenters. The number of amides is 1. The molecular weight excluding hydrogens is 404 g/mol. The molecule has 9 heteroatoms. The van der Waals surface area contributed by atoms with Crippen LogP contribution in [0.1, 0.15) is 12.5 Å². The number of anilines is 1. The van der Waals surface area contributed by atoms with Gasteiger partial charge in [-0.25, -0.2) is 13.4 Å². The van der Waals surface area contributed by atoms with Crippen molar-refractivity contribution < 1.29 is 17.9 Å². The molecule has 3 aromatic rings. The van der Waals surface area contributed by atoms with Gasteiger partial charge in [0.2, 0.25) is 15.9 Å². The standard InChI is InChI=1S/C21H24N4O4S/c1-3-29-20-7-5-4-6-19(20)25(30(2,27)28)15-21(26)23-14-17-8-10-18(11-9-17)24-13-12-22-16-24/h4-13,16H,3,14-15H2,1-2H3,(H,23,26). The summed E-state index contributed by atoms with van der Waals surface area (Å²) in [6.45, 7) is 2.14. The Hall–Kier alpha value is -3.33. The van der Waals surface area contributed by atoms with Crippen LogP contribution in [0.3, 0.4) is 0 Å². The fraction of sp³-hybridized carbons (Fsp3) is 0.238. The number of hydrogen-bond acceptors (Lipinski definition) is 5. The number of carbonyl (C=O) groups excluding carboxylic acids is 1. The van der Waals surface area contributed by atoms with Crippen LogP contribution < -0.4 is 14.4 Å². The zero-order chi connectivity index (χ0) is 21.6. The Morgan fingerprint density at radius 2 is 1.90 bits per heavy atom. The van der Waals surface area contributed by atoms with Crippen molar-refractivity contribution in [3.05, 3.63) is 72.8 Å². The molecule has 2 aromatic carbocycles. The molecule has 0 fully saturated rings. The van der Waals surface area contributed by atoms with E-state index in [0.717, 1.165) is 21.8 Å². The maximum Gasteiger partial charge on any atom is 0.241 e. The topological polar surface area (TPSA) is 93.5 Å². The SMILES string of the molecule is CCOc1ccccc1N(CC(=O)NCc1ccc(-n2ccnc2)cc1)S(C)(=O)=O. The van der Waals surface area contributed by atoms with Gasteiger partial charge in [-0.3, -0.25) is 9.10 Å². The van der Waals surface area contributed by atoms with Gasteiger partial charge in [-0.15, -0.1) is 0 Å². The lowest BCUT2D eigenvalue weighted by molar-refractivity contribution is -0.119. The molecule has 30 heavy (non-hydrogen) atoms. The maximum absolute atomic E-state index is 12.5. The van der Waals surface area contributed by atoms with Crippen molar-refractivity contribution in [2.75, 3.05) is 23.7 Å². The van der Waals surface area contributed by atoms with E-state index in [4.69, 9.17) is 4.74 Å². The second-order valence-electron chi connectivity index (χ2n) is 6.58. The average Bonchev–Trinajstić information content (AvgIpc) is 3.26. The molecule has 1 amide bonds. The van der Waals surface area contributed by atoms with Gasteiger partial charge < -0.3 is 14.6 Å². The van der Waals surface area contributed by atoms with Gasteiger partial charge in [-0.1, -0.05) is 24.3 Å². The highest BCUT2D eigenvalue weighted by molar-refractivity contribution is 7.92. The fourth-order valence-corrected chi connectivity index (χ4v) is 3.77. The van der Waals surface area contributed by atoms with E-state index in [-0.39, 0.29) is 13.1 Å². The highest BCUT2D eigenvalue weighted by Gasteiger charge is 2.23. The number of aromatic nitrogens is 2. The van der Waals surface area contributed by atoms with Crippen molar-refractivity contribution >= 4 is 21.6 Å². The van der Waals surface area contributed by atoms with E-state index in [9.17, 15) is 13.2 Å². The smallest absolute Gasteiger partial charge is 0.241 e. The second kappa shape index (κ2) is 9.45. The van der Waals surface area contributed by atoms with Crippen LogP contribution in [0.15, 0.2) is 67.3 Å². The molecule has 0 unspecified atom stereocenters. The van der Waals surface area contributed by atoms with Gasteiger partial charge in [0.05, 0.1) is 24.9 Å². The third-order valence-corrected chi connectivity index (χ3v) is 5.48. The lowest BCUT2D eigenvalue weighted by Crippen LogP contribution is -2.40. The Labute approximate surface area is 176 Å². The minimum Gasteiger partial charge on any atom is -0.492 e. The highest BCUT2D eigenvalue weighted by atomic mass is 32.2. The van der Waals surface area contributed by atoms with Crippen LogP contribution in [-0.4, -0.2) is 43.3 Å². The Morgan fingerprint density at radius 1 is 1.17 bits per heavy atom. The number of nitrogens with zero attached hydrogens (tertiary/aromatic N) is 3. The van der Waals surface area contributed by atoms with Gasteiger partial charge >= 0.3 is 0 Å². The molecule has 0 aliphatic rings. The Kier molecular flexibility index (Phi) is 6.73. The molecule has 158 valence electrons. The van der Waals surface area contributed by atoms with Crippen LogP contribution in [0.5, 0.6) is 5.75 Å². The van der Waals surface area contributed by atoms with Crippen LogP contribution in [0, 0.1) is 0 Å². The van der Waals surface area contributed by atoms with E-state index in [2.05, 4.69) is 10.3 Å². The summed E-state index contributed by atoms with van der Waals surface area (Å²) in [4.78, 5) is 16.5. The van der Waals surface area contributed by atoms with E-state index in [1.54, 1.807) is 36.8 Å². The lowest BCUT2D eigenvalue weighted by Gasteiger charge is -2.24. The number of nitrogens with one attached hydrogen (secondary N) is 1. The third kappa shape index (κ3) is 5.38. The van der Waals surface area contributed by atoms with E-state index in [1.165, 1.54) is 0 Å². The summed E-state index contributed by atoms with van der Waals surface area (Å²) >= 11 is 0.